The molecule has 0 radical (unpaired) electrons. The maximum absolute atomic E-state index is 11.8. The van der Waals surface area contributed by atoms with E-state index >= 15 is 0 Å². The lowest BCUT2D eigenvalue weighted by Crippen LogP contribution is -2.23. The van der Waals surface area contributed by atoms with Gasteiger partial charge in [-0.15, -0.1) is 11.3 Å². The normalized spacial score (nSPS) is 10.2. The lowest BCUT2D eigenvalue weighted by atomic mass is 10.2. The van der Waals surface area contributed by atoms with Gasteiger partial charge in [-0.3, -0.25) is 9.78 Å². The third-order valence-electron chi connectivity index (χ3n) is 2.19. The standard InChI is InChI=1S/C11H12N4OS/c1-7-14-4-8(17-7)5-15-11(16)9-2-3-13-6-10(9)12/h2-4,6H,5,12H2,1H3,(H,15,16). The average Bonchev–Trinajstić information content (AvgIpc) is 2.73. The van der Waals surface area contributed by atoms with Crippen molar-refractivity contribution in [1.82, 2.24) is 15.3 Å². The molecule has 3 N–H and O–H groups in total. The molecule has 2 aromatic rings. The van der Waals surface area contributed by atoms with Crippen LogP contribution in [0.5, 0.6) is 0 Å². The van der Waals surface area contributed by atoms with Crippen LogP contribution < -0.4 is 11.1 Å². The van der Waals surface area contributed by atoms with Gasteiger partial charge in [0.05, 0.1) is 29.0 Å². The van der Waals surface area contributed by atoms with Crippen LogP contribution in [-0.2, 0) is 6.54 Å². The largest absolute Gasteiger partial charge is 0.397 e. The van der Waals surface area contributed by atoms with E-state index in [1.807, 2.05) is 6.92 Å². The van der Waals surface area contributed by atoms with Crippen molar-refractivity contribution in [1.29, 1.82) is 0 Å². The Balaban J connectivity index is 2.01. The Kier molecular flexibility index (Phi) is 3.34. The first-order valence-corrected chi connectivity index (χ1v) is 5.87. The second kappa shape index (κ2) is 4.92. The number of aryl methyl sites for hydroxylation is 1. The van der Waals surface area contributed by atoms with Gasteiger partial charge < -0.3 is 11.1 Å². The van der Waals surface area contributed by atoms with Crippen molar-refractivity contribution < 1.29 is 4.79 Å². The van der Waals surface area contributed by atoms with Gasteiger partial charge in [0.2, 0.25) is 0 Å². The number of hydrogen-bond acceptors (Lipinski definition) is 5. The zero-order valence-electron chi connectivity index (χ0n) is 9.30. The summed E-state index contributed by atoms with van der Waals surface area (Å²) in [5, 5.41) is 3.78. The van der Waals surface area contributed by atoms with Crippen molar-refractivity contribution >= 4 is 22.9 Å². The molecule has 0 aromatic carbocycles. The van der Waals surface area contributed by atoms with Crippen LogP contribution in [0.15, 0.2) is 24.7 Å². The number of rotatable bonds is 3. The number of thiazole rings is 1. The van der Waals surface area contributed by atoms with E-state index in [4.69, 9.17) is 5.73 Å². The van der Waals surface area contributed by atoms with E-state index in [1.165, 1.54) is 6.20 Å². The van der Waals surface area contributed by atoms with Gasteiger partial charge in [-0.2, -0.15) is 0 Å². The Labute approximate surface area is 103 Å². The molecule has 0 spiro atoms. The molecule has 2 heterocycles. The number of nitrogens with one attached hydrogen (secondary N) is 1. The number of amides is 1. The number of anilines is 1. The molecule has 0 fully saturated rings. The summed E-state index contributed by atoms with van der Waals surface area (Å²) in [4.78, 5) is 20.8. The Hall–Kier alpha value is -1.95. The van der Waals surface area contributed by atoms with E-state index < -0.39 is 0 Å². The van der Waals surface area contributed by atoms with Gasteiger partial charge in [0.1, 0.15) is 0 Å². The summed E-state index contributed by atoms with van der Waals surface area (Å²) in [6.07, 6.45) is 4.77. The fourth-order valence-electron chi connectivity index (χ4n) is 1.36. The molecule has 0 aliphatic rings. The second-order valence-corrected chi connectivity index (χ2v) is 4.81. The molecule has 2 rings (SSSR count). The third-order valence-corrected chi connectivity index (χ3v) is 3.10. The number of pyridine rings is 1. The van der Waals surface area contributed by atoms with Crippen LogP contribution in [0.4, 0.5) is 5.69 Å². The Morgan fingerprint density at radius 2 is 2.35 bits per heavy atom. The molecule has 0 unspecified atom stereocenters. The minimum Gasteiger partial charge on any atom is -0.397 e. The smallest absolute Gasteiger partial charge is 0.253 e. The van der Waals surface area contributed by atoms with Gasteiger partial charge >= 0.3 is 0 Å². The molecule has 0 aliphatic heterocycles. The van der Waals surface area contributed by atoms with E-state index in [1.54, 1.807) is 29.8 Å². The van der Waals surface area contributed by atoms with Crippen LogP contribution in [0, 0.1) is 6.92 Å². The van der Waals surface area contributed by atoms with E-state index in [0.717, 1.165) is 9.88 Å². The number of nitrogens with zero attached hydrogens (tertiary/aromatic N) is 2. The van der Waals surface area contributed by atoms with Gasteiger partial charge in [0, 0.05) is 17.3 Å². The summed E-state index contributed by atoms with van der Waals surface area (Å²) in [5.41, 5.74) is 6.49. The van der Waals surface area contributed by atoms with E-state index in [9.17, 15) is 4.79 Å². The number of aromatic nitrogens is 2. The molecule has 17 heavy (non-hydrogen) atoms. The highest BCUT2D eigenvalue weighted by Crippen LogP contribution is 2.12. The van der Waals surface area contributed by atoms with Crippen LogP contribution in [0.1, 0.15) is 20.2 Å². The summed E-state index contributed by atoms with van der Waals surface area (Å²) >= 11 is 1.56. The predicted octanol–water partition coefficient (Wildman–Crippen LogP) is 1.36. The second-order valence-electron chi connectivity index (χ2n) is 3.49. The molecule has 6 heteroatoms. The van der Waals surface area contributed by atoms with Crippen LogP contribution in [-0.4, -0.2) is 15.9 Å². The number of nitrogens with two attached hydrogens (primary N) is 1. The zero-order chi connectivity index (χ0) is 12.3. The molecule has 5 nitrogen and oxygen atoms in total. The first kappa shape index (κ1) is 11.5. The van der Waals surface area contributed by atoms with Crippen LogP contribution in [0.25, 0.3) is 0 Å². The monoisotopic (exact) mass is 248 g/mol. The highest BCUT2D eigenvalue weighted by Gasteiger charge is 2.09. The first-order valence-electron chi connectivity index (χ1n) is 5.06. The molecule has 0 bridgehead atoms. The predicted molar refractivity (Wildman–Crippen MR) is 66.7 cm³/mol. The number of nitrogen functional groups attached to an aromatic ring is 1. The van der Waals surface area contributed by atoms with E-state index in [2.05, 4.69) is 15.3 Å². The minimum atomic E-state index is -0.198. The quantitative estimate of drug-likeness (QED) is 0.859. The Bertz CT molecular complexity index is 538. The number of hydrogen-bond donors (Lipinski definition) is 2. The molecule has 0 saturated heterocycles. The average molecular weight is 248 g/mol. The zero-order valence-corrected chi connectivity index (χ0v) is 10.1. The topological polar surface area (TPSA) is 80.9 Å². The molecular formula is C11H12N4OS. The molecular weight excluding hydrogens is 236 g/mol. The van der Waals surface area contributed by atoms with Crippen molar-refractivity contribution in [3.8, 4) is 0 Å². The molecule has 0 atom stereocenters. The van der Waals surface area contributed by atoms with Crippen LogP contribution in [0.3, 0.4) is 0 Å². The van der Waals surface area contributed by atoms with Gasteiger partial charge in [0.15, 0.2) is 0 Å². The summed E-state index contributed by atoms with van der Waals surface area (Å²) in [6, 6.07) is 1.60. The number of carbonyl (C=O) groups is 1. The maximum Gasteiger partial charge on any atom is 0.253 e. The Morgan fingerprint density at radius 3 is 3.00 bits per heavy atom. The fourth-order valence-corrected chi connectivity index (χ4v) is 2.10. The van der Waals surface area contributed by atoms with Gasteiger partial charge in [-0.1, -0.05) is 0 Å². The van der Waals surface area contributed by atoms with Gasteiger partial charge in [-0.05, 0) is 13.0 Å². The minimum absolute atomic E-state index is 0.198. The van der Waals surface area contributed by atoms with Crippen molar-refractivity contribution in [2.75, 3.05) is 5.73 Å². The highest BCUT2D eigenvalue weighted by atomic mass is 32.1. The van der Waals surface area contributed by atoms with Gasteiger partial charge in [0.25, 0.3) is 5.91 Å². The molecule has 1 amide bonds. The lowest BCUT2D eigenvalue weighted by molar-refractivity contribution is 0.0952. The van der Waals surface area contributed by atoms with E-state index in [-0.39, 0.29) is 5.91 Å². The maximum atomic E-state index is 11.8. The molecule has 0 saturated carbocycles. The van der Waals surface area contributed by atoms with Crippen molar-refractivity contribution in [2.45, 2.75) is 13.5 Å². The van der Waals surface area contributed by atoms with Crippen molar-refractivity contribution in [3.05, 3.63) is 40.1 Å². The lowest BCUT2D eigenvalue weighted by Gasteiger charge is -2.05. The summed E-state index contributed by atoms with van der Waals surface area (Å²) < 4.78 is 0. The summed E-state index contributed by atoms with van der Waals surface area (Å²) in [6.45, 7) is 2.39. The molecule has 2 aromatic heterocycles. The van der Waals surface area contributed by atoms with Crippen molar-refractivity contribution in [2.24, 2.45) is 0 Å². The van der Waals surface area contributed by atoms with Crippen molar-refractivity contribution in [3.63, 3.8) is 0 Å². The fraction of sp³-hybridized carbons (Fsp3) is 0.182. The number of carbonyl (C=O) groups excluding carboxylic acids is 1. The van der Waals surface area contributed by atoms with Crippen LogP contribution in [0.2, 0.25) is 0 Å². The summed E-state index contributed by atoms with van der Waals surface area (Å²) in [7, 11) is 0. The third kappa shape index (κ3) is 2.79. The molecule has 88 valence electrons. The Morgan fingerprint density at radius 1 is 1.53 bits per heavy atom. The summed E-state index contributed by atoms with van der Waals surface area (Å²) in [5.74, 6) is -0.198. The highest BCUT2D eigenvalue weighted by molar-refractivity contribution is 7.11. The molecule has 0 aliphatic carbocycles. The first-order chi connectivity index (χ1) is 8.16. The van der Waals surface area contributed by atoms with E-state index in [0.29, 0.717) is 17.8 Å². The van der Waals surface area contributed by atoms with Crippen LogP contribution >= 0.6 is 11.3 Å². The van der Waals surface area contributed by atoms with Gasteiger partial charge in [-0.25, -0.2) is 4.98 Å². The SMILES string of the molecule is Cc1ncc(CNC(=O)c2ccncc2N)s1.